The van der Waals surface area contributed by atoms with Crippen LogP contribution in [0.3, 0.4) is 0 Å². The quantitative estimate of drug-likeness (QED) is 0.423. The van der Waals surface area contributed by atoms with E-state index in [0.717, 1.165) is 22.1 Å². The standard InChI is InChI=1S/C25H25NO5/c1-4-29-22(27)15-18-14-20(17-12-10-16(3)11-13-17)23-19-8-6-7-9-21(19)26(24(23)31-18)25(28)30-5-2/h6-13,15,20H,4-5,14H2,1-3H3/b18-15+. The number of nitrogens with zero attached hydrogens (tertiary/aromatic N) is 1. The van der Waals surface area contributed by atoms with Crippen molar-refractivity contribution in [1.82, 2.24) is 4.57 Å². The van der Waals surface area contributed by atoms with Gasteiger partial charge in [0.15, 0.2) is 0 Å². The van der Waals surface area contributed by atoms with E-state index in [4.69, 9.17) is 14.2 Å². The number of rotatable bonds is 4. The molecular weight excluding hydrogens is 394 g/mol. The van der Waals surface area contributed by atoms with E-state index < -0.39 is 12.1 Å². The van der Waals surface area contributed by atoms with Gasteiger partial charge in [0.25, 0.3) is 0 Å². The summed E-state index contributed by atoms with van der Waals surface area (Å²) in [6.45, 7) is 6.07. The number of aromatic nitrogens is 1. The Balaban J connectivity index is 1.94. The van der Waals surface area contributed by atoms with E-state index in [1.165, 1.54) is 10.6 Å². The summed E-state index contributed by atoms with van der Waals surface area (Å²) < 4.78 is 18.0. The lowest BCUT2D eigenvalue weighted by Crippen LogP contribution is -2.20. The van der Waals surface area contributed by atoms with E-state index in [-0.39, 0.29) is 19.1 Å². The van der Waals surface area contributed by atoms with Crippen LogP contribution in [-0.4, -0.2) is 29.8 Å². The second-order valence-corrected chi connectivity index (χ2v) is 7.40. The summed E-state index contributed by atoms with van der Waals surface area (Å²) in [4.78, 5) is 25.0. The molecule has 2 aromatic carbocycles. The van der Waals surface area contributed by atoms with Gasteiger partial charge in [-0.05, 0) is 32.4 Å². The zero-order valence-corrected chi connectivity index (χ0v) is 17.9. The predicted octanol–water partition coefficient (Wildman–Crippen LogP) is 5.32. The molecule has 1 aromatic heterocycles. The molecule has 0 bridgehead atoms. The molecule has 31 heavy (non-hydrogen) atoms. The number of carbonyl (C=O) groups excluding carboxylic acids is 2. The average molecular weight is 419 g/mol. The summed E-state index contributed by atoms with van der Waals surface area (Å²) in [5, 5.41) is 0.923. The van der Waals surface area contributed by atoms with Crippen LogP contribution in [-0.2, 0) is 14.3 Å². The van der Waals surface area contributed by atoms with Gasteiger partial charge >= 0.3 is 12.1 Å². The zero-order chi connectivity index (χ0) is 22.0. The molecule has 2 heterocycles. The molecule has 0 saturated heterocycles. The number of hydrogen-bond acceptors (Lipinski definition) is 5. The van der Waals surface area contributed by atoms with Crippen molar-refractivity contribution in [2.24, 2.45) is 0 Å². The van der Waals surface area contributed by atoms with Crippen molar-refractivity contribution in [2.75, 3.05) is 13.2 Å². The van der Waals surface area contributed by atoms with Crippen molar-refractivity contribution in [1.29, 1.82) is 0 Å². The normalized spacial score (nSPS) is 16.6. The fraction of sp³-hybridized carbons (Fsp3) is 0.280. The number of para-hydroxylation sites is 1. The van der Waals surface area contributed by atoms with Crippen molar-refractivity contribution in [3.8, 4) is 5.88 Å². The third-order valence-corrected chi connectivity index (χ3v) is 5.35. The number of esters is 1. The molecule has 0 amide bonds. The number of allylic oxidation sites excluding steroid dienone is 1. The molecule has 0 spiro atoms. The Morgan fingerprint density at radius 1 is 1.06 bits per heavy atom. The summed E-state index contributed by atoms with van der Waals surface area (Å²) >= 11 is 0. The molecule has 0 N–H and O–H groups in total. The van der Waals surface area contributed by atoms with Crippen LogP contribution < -0.4 is 4.74 Å². The SMILES string of the molecule is CCOC(=O)/C=C1\CC(c2ccc(C)cc2)c2c(n(C(=O)OCC)c3ccccc23)O1. The number of benzene rings is 2. The lowest BCUT2D eigenvalue weighted by Gasteiger charge is -2.26. The maximum atomic E-state index is 12.9. The number of ether oxygens (including phenoxy) is 3. The summed E-state index contributed by atoms with van der Waals surface area (Å²) in [5.74, 6) is 0.268. The molecule has 1 unspecified atom stereocenters. The molecule has 1 aliphatic rings. The smallest absolute Gasteiger partial charge is 0.421 e. The predicted molar refractivity (Wildman–Crippen MR) is 117 cm³/mol. The molecule has 1 aliphatic heterocycles. The lowest BCUT2D eigenvalue weighted by atomic mass is 9.85. The Hall–Kier alpha value is -3.54. The summed E-state index contributed by atoms with van der Waals surface area (Å²) in [7, 11) is 0. The third kappa shape index (κ3) is 3.93. The molecule has 4 rings (SSSR count). The molecule has 1 atom stereocenters. The van der Waals surface area contributed by atoms with Gasteiger partial charge in [-0.3, -0.25) is 0 Å². The summed E-state index contributed by atoms with van der Waals surface area (Å²) in [6.07, 6.45) is 1.33. The first-order chi connectivity index (χ1) is 15.0. The first kappa shape index (κ1) is 20.7. The topological polar surface area (TPSA) is 66.8 Å². The van der Waals surface area contributed by atoms with Crippen molar-refractivity contribution < 1.29 is 23.8 Å². The lowest BCUT2D eigenvalue weighted by molar-refractivity contribution is -0.137. The van der Waals surface area contributed by atoms with Gasteiger partial charge in [0, 0.05) is 23.3 Å². The van der Waals surface area contributed by atoms with Crippen LogP contribution in [0.15, 0.2) is 60.4 Å². The minimum Gasteiger partial charge on any atom is -0.463 e. The maximum absolute atomic E-state index is 12.9. The summed E-state index contributed by atoms with van der Waals surface area (Å²) in [6, 6.07) is 15.9. The molecule has 6 heteroatoms. The zero-order valence-electron chi connectivity index (χ0n) is 17.9. The van der Waals surface area contributed by atoms with Crippen LogP contribution in [0.4, 0.5) is 4.79 Å². The van der Waals surface area contributed by atoms with Crippen LogP contribution in [0, 0.1) is 6.92 Å². The van der Waals surface area contributed by atoms with Crippen molar-refractivity contribution in [2.45, 2.75) is 33.1 Å². The monoisotopic (exact) mass is 419 g/mol. The van der Waals surface area contributed by atoms with Crippen LogP contribution in [0.25, 0.3) is 10.9 Å². The molecule has 160 valence electrons. The fourth-order valence-corrected chi connectivity index (χ4v) is 4.00. The molecule has 3 aromatic rings. The van der Waals surface area contributed by atoms with Crippen LogP contribution in [0.2, 0.25) is 0 Å². The Bertz CT molecular complexity index is 1160. The molecule has 6 nitrogen and oxygen atoms in total. The largest absolute Gasteiger partial charge is 0.463 e. The van der Waals surface area contributed by atoms with E-state index in [9.17, 15) is 9.59 Å². The van der Waals surface area contributed by atoms with E-state index in [1.807, 2.05) is 31.2 Å². The Morgan fingerprint density at radius 3 is 2.48 bits per heavy atom. The minimum atomic E-state index is -0.514. The van der Waals surface area contributed by atoms with E-state index in [1.54, 1.807) is 13.8 Å². The van der Waals surface area contributed by atoms with Crippen LogP contribution >= 0.6 is 0 Å². The second-order valence-electron chi connectivity index (χ2n) is 7.40. The third-order valence-electron chi connectivity index (χ3n) is 5.35. The highest BCUT2D eigenvalue weighted by atomic mass is 16.6. The number of hydrogen-bond donors (Lipinski definition) is 0. The van der Waals surface area contributed by atoms with Gasteiger partial charge in [-0.2, -0.15) is 0 Å². The van der Waals surface area contributed by atoms with E-state index in [0.29, 0.717) is 23.6 Å². The fourth-order valence-electron chi connectivity index (χ4n) is 4.00. The van der Waals surface area contributed by atoms with E-state index in [2.05, 4.69) is 24.3 Å². The first-order valence-corrected chi connectivity index (χ1v) is 10.5. The van der Waals surface area contributed by atoms with Gasteiger partial charge in [-0.15, -0.1) is 0 Å². The van der Waals surface area contributed by atoms with Gasteiger partial charge < -0.3 is 14.2 Å². The number of carbonyl (C=O) groups is 2. The molecule has 0 fully saturated rings. The highest BCUT2D eigenvalue weighted by Gasteiger charge is 2.35. The van der Waals surface area contributed by atoms with Gasteiger partial charge in [0.2, 0.25) is 5.88 Å². The molecule has 0 saturated carbocycles. The Morgan fingerprint density at radius 2 is 1.77 bits per heavy atom. The van der Waals surface area contributed by atoms with Crippen LogP contribution in [0.5, 0.6) is 5.88 Å². The highest BCUT2D eigenvalue weighted by Crippen LogP contribution is 2.47. The van der Waals surface area contributed by atoms with Crippen molar-refractivity contribution >= 4 is 23.0 Å². The maximum Gasteiger partial charge on any atom is 0.421 e. The Labute approximate surface area is 181 Å². The van der Waals surface area contributed by atoms with Gasteiger partial charge in [0.05, 0.1) is 24.8 Å². The first-order valence-electron chi connectivity index (χ1n) is 10.5. The van der Waals surface area contributed by atoms with Gasteiger partial charge in [0.1, 0.15) is 5.76 Å². The van der Waals surface area contributed by atoms with Crippen molar-refractivity contribution in [3.05, 3.63) is 77.1 Å². The summed E-state index contributed by atoms with van der Waals surface area (Å²) in [5.41, 5.74) is 3.86. The average Bonchev–Trinajstić information content (AvgIpc) is 3.08. The number of fused-ring (bicyclic) bond motifs is 3. The second kappa shape index (κ2) is 8.68. The van der Waals surface area contributed by atoms with Crippen molar-refractivity contribution in [3.63, 3.8) is 0 Å². The van der Waals surface area contributed by atoms with E-state index >= 15 is 0 Å². The van der Waals surface area contributed by atoms with Crippen LogP contribution in [0.1, 0.15) is 42.9 Å². The molecule has 0 aliphatic carbocycles. The van der Waals surface area contributed by atoms with Gasteiger partial charge in [-0.1, -0.05) is 48.0 Å². The van der Waals surface area contributed by atoms with Gasteiger partial charge in [-0.25, -0.2) is 14.2 Å². The molecule has 0 radical (unpaired) electrons. The highest BCUT2D eigenvalue weighted by molar-refractivity contribution is 5.96. The Kier molecular flexibility index (Phi) is 5.80. The number of aryl methyl sites for hydroxylation is 1. The minimum absolute atomic E-state index is 0.0920. The molecular formula is C25H25NO5.